The van der Waals surface area contributed by atoms with Gasteiger partial charge in [0.2, 0.25) is 15.9 Å². The first-order valence-electron chi connectivity index (χ1n) is 8.87. The average molecular weight is 375 g/mol. The van der Waals surface area contributed by atoms with Crippen LogP contribution in [0.25, 0.3) is 11.1 Å². The number of pyridine rings is 1. The number of aryl methyl sites for hydroxylation is 1. The Balaban J connectivity index is 1.81. The van der Waals surface area contributed by atoms with Crippen molar-refractivity contribution in [3.63, 3.8) is 0 Å². The maximum atomic E-state index is 11.8. The highest BCUT2D eigenvalue weighted by Gasteiger charge is 2.24. The molecule has 0 amide bonds. The van der Waals surface area contributed by atoms with E-state index in [0.29, 0.717) is 17.1 Å². The first-order chi connectivity index (χ1) is 12.4. The van der Waals surface area contributed by atoms with Gasteiger partial charge in [-0.2, -0.15) is 0 Å². The third kappa shape index (κ3) is 4.23. The molecule has 3 rings (SSSR count). The molecule has 2 heterocycles. The van der Waals surface area contributed by atoms with Gasteiger partial charge >= 0.3 is 0 Å². The molecular formula is C19H25N3O3S. The van der Waals surface area contributed by atoms with Crippen molar-refractivity contribution in [2.45, 2.75) is 37.7 Å². The Hall–Kier alpha value is -1.96. The van der Waals surface area contributed by atoms with Crippen molar-refractivity contribution in [1.29, 1.82) is 0 Å². The van der Waals surface area contributed by atoms with Crippen molar-refractivity contribution >= 4 is 10.0 Å². The Kier molecular flexibility index (Phi) is 5.60. The van der Waals surface area contributed by atoms with Gasteiger partial charge in [-0.05, 0) is 38.4 Å². The number of likely N-dealkylation sites (tertiary alicyclic amines) is 1. The molecule has 0 spiro atoms. The molecule has 1 atom stereocenters. The molecule has 1 aliphatic rings. The zero-order valence-electron chi connectivity index (χ0n) is 15.2. The van der Waals surface area contributed by atoms with Gasteiger partial charge in [0.15, 0.2) is 0 Å². The predicted octanol–water partition coefficient (Wildman–Crippen LogP) is 2.57. The number of aromatic nitrogens is 1. The molecule has 1 aliphatic heterocycles. The van der Waals surface area contributed by atoms with Crippen molar-refractivity contribution in [2.24, 2.45) is 5.14 Å². The fourth-order valence-corrected chi connectivity index (χ4v) is 4.16. The molecule has 0 aliphatic carbocycles. The molecule has 0 saturated carbocycles. The van der Waals surface area contributed by atoms with Gasteiger partial charge in [0.1, 0.15) is 6.10 Å². The normalized spacial score (nSPS) is 18.2. The van der Waals surface area contributed by atoms with E-state index < -0.39 is 10.0 Å². The quantitative estimate of drug-likeness (QED) is 0.839. The third-order valence-corrected chi connectivity index (χ3v) is 5.57. The number of sulfonamides is 1. The minimum atomic E-state index is -3.80. The lowest BCUT2D eigenvalue weighted by molar-refractivity contribution is 0.193. The Morgan fingerprint density at radius 3 is 2.69 bits per heavy atom. The summed E-state index contributed by atoms with van der Waals surface area (Å²) in [6.07, 6.45) is 2.29. The number of ether oxygens (including phenoxy) is 1. The minimum Gasteiger partial charge on any atom is -0.473 e. The summed E-state index contributed by atoms with van der Waals surface area (Å²) in [7, 11) is -3.80. The molecule has 0 bridgehead atoms. The van der Waals surface area contributed by atoms with E-state index in [9.17, 15) is 8.42 Å². The van der Waals surface area contributed by atoms with Gasteiger partial charge in [0.05, 0.1) is 4.90 Å². The van der Waals surface area contributed by atoms with Crippen LogP contribution in [0.15, 0.2) is 41.3 Å². The van der Waals surface area contributed by atoms with Gasteiger partial charge < -0.3 is 4.74 Å². The van der Waals surface area contributed by atoms with Gasteiger partial charge in [-0.1, -0.05) is 25.1 Å². The van der Waals surface area contributed by atoms with Crippen LogP contribution in [0.4, 0.5) is 0 Å². The SMILES string of the molecule is CCCN1CC[C@@H](Oc2ccc(-c3ccccc3S(N)(=O)=O)c(C)n2)C1. The summed E-state index contributed by atoms with van der Waals surface area (Å²) >= 11 is 0. The molecule has 1 aromatic carbocycles. The maximum Gasteiger partial charge on any atom is 0.238 e. The van der Waals surface area contributed by atoms with Crippen LogP contribution in [-0.2, 0) is 10.0 Å². The highest BCUT2D eigenvalue weighted by molar-refractivity contribution is 7.89. The van der Waals surface area contributed by atoms with Crippen LogP contribution in [0.1, 0.15) is 25.5 Å². The standard InChI is InChI=1S/C19H25N3O3S/c1-3-11-22-12-10-15(13-22)25-19-9-8-16(14(2)21-19)17-6-4-5-7-18(17)26(20,23)24/h4-9,15H,3,10-13H2,1-2H3,(H2,20,23,24)/t15-/m1/s1. The molecule has 1 fully saturated rings. The van der Waals surface area contributed by atoms with E-state index in [1.165, 1.54) is 6.07 Å². The van der Waals surface area contributed by atoms with Crippen molar-refractivity contribution in [2.75, 3.05) is 19.6 Å². The Bertz CT molecular complexity index is 883. The third-order valence-electron chi connectivity index (χ3n) is 4.60. The summed E-state index contributed by atoms with van der Waals surface area (Å²) < 4.78 is 29.7. The second kappa shape index (κ2) is 7.73. The lowest BCUT2D eigenvalue weighted by Gasteiger charge is -2.16. The molecular weight excluding hydrogens is 350 g/mol. The van der Waals surface area contributed by atoms with E-state index in [1.807, 2.05) is 13.0 Å². The van der Waals surface area contributed by atoms with E-state index in [4.69, 9.17) is 9.88 Å². The van der Waals surface area contributed by atoms with E-state index in [0.717, 1.165) is 38.0 Å². The highest BCUT2D eigenvalue weighted by atomic mass is 32.2. The van der Waals surface area contributed by atoms with E-state index in [-0.39, 0.29) is 11.0 Å². The predicted molar refractivity (Wildman–Crippen MR) is 102 cm³/mol. The van der Waals surface area contributed by atoms with Crippen LogP contribution in [0.3, 0.4) is 0 Å². The average Bonchev–Trinajstić information content (AvgIpc) is 3.02. The molecule has 0 radical (unpaired) electrons. The van der Waals surface area contributed by atoms with Gasteiger partial charge in [0.25, 0.3) is 0 Å². The van der Waals surface area contributed by atoms with E-state index in [1.54, 1.807) is 24.3 Å². The molecule has 7 heteroatoms. The smallest absolute Gasteiger partial charge is 0.238 e. The van der Waals surface area contributed by atoms with Crippen molar-refractivity contribution < 1.29 is 13.2 Å². The number of nitrogens with two attached hydrogens (primary N) is 1. The van der Waals surface area contributed by atoms with Crippen molar-refractivity contribution in [1.82, 2.24) is 9.88 Å². The Morgan fingerprint density at radius 2 is 2.00 bits per heavy atom. The minimum absolute atomic E-state index is 0.101. The van der Waals surface area contributed by atoms with Gasteiger partial charge in [0, 0.05) is 36.0 Å². The number of hydrogen-bond acceptors (Lipinski definition) is 5. The van der Waals surface area contributed by atoms with Crippen LogP contribution >= 0.6 is 0 Å². The summed E-state index contributed by atoms with van der Waals surface area (Å²) in [5.74, 6) is 0.572. The van der Waals surface area contributed by atoms with E-state index in [2.05, 4.69) is 16.8 Å². The van der Waals surface area contributed by atoms with Gasteiger partial charge in [-0.15, -0.1) is 0 Å². The second-order valence-electron chi connectivity index (χ2n) is 6.65. The summed E-state index contributed by atoms with van der Waals surface area (Å²) in [6.45, 7) is 7.09. The maximum absolute atomic E-state index is 11.8. The Labute approximate surface area is 155 Å². The molecule has 2 N–H and O–H groups in total. The molecule has 0 unspecified atom stereocenters. The fraction of sp³-hybridized carbons (Fsp3) is 0.421. The monoisotopic (exact) mass is 375 g/mol. The molecule has 6 nitrogen and oxygen atoms in total. The van der Waals surface area contributed by atoms with Crippen LogP contribution in [0.2, 0.25) is 0 Å². The Morgan fingerprint density at radius 1 is 1.23 bits per heavy atom. The topological polar surface area (TPSA) is 85.5 Å². The number of primary sulfonamides is 1. The highest BCUT2D eigenvalue weighted by Crippen LogP contribution is 2.30. The molecule has 2 aromatic rings. The fourth-order valence-electron chi connectivity index (χ4n) is 3.41. The lowest BCUT2D eigenvalue weighted by atomic mass is 10.0. The lowest BCUT2D eigenvalue weighted by Crippen LogP contribution is -2.25. The van der Waals surface area contributed by atoms with Gasteiger partial charge in [-0.3, -0.25) is 4.90 Å². The first-order valence-corrected chi connectivity index (χ1v) is 10.4. The van der Waals surface area contributed by atoms with Crippen LogP contribution in [-0.4, -0.2) is 44.0 Å². The number of hydrogen-bond donors (Lipinski definition) is 1. The number of benzene rings is 1. The molecule has 1 aromatic heterocycles. The summed E-state index contributed by atoms with van der Waals surface area (Å²) in [6, 6.07) is 10.3. The largest absolute Gasteiger partial charge is 0.473 e. The van der Waals surface area contributed by atoms with Gasteiger partial charge in [-0.25, -0.2) is 18.5 Å². The number of nitrogens with zero attached hydrogens (tertiary/aromatic N) is 2. The molecule has 26 heavy (non-hydrogen) atoms. The van der Waals surface area contributed by atoms with Crippen LogP contribution in [0, 0.1) is 6.92 Å². The summed E-state index contributed by atoms with van der Waals surface area (Å²) in [4.78, 5) is 7.03. The summed E-state index contributed by atoms with van der Waals surface area (Å²) in [5, 5.41) is 5.34. The molecule has 1 saturated heterocycles. The zero-order chi connectivity index (χ0) is 18.7. The van der Waals surface area contributed by atoms with Crippen molar-refractivity contribution in [3.8, 4) is 17.0 Å². The molecule has 140 valence electrons. The van der Waals surface area contributed by atoms with E-state index >= 15 is 0 Å². The summed E-state index contributed by atoms with van der Waals surface area (Å²) in [5.41, 5.74) is 2.00. The number of rotatable bonds is 6. The van der Waals surface area contributed by atoms with Crippen molar-refractivity contribution in [3.05, 3.63) is 42.1 Å². The van der Waals surface area contributed by atoms with Crippen LogP contribution in [0.5, 0.6) is 5.88 Å². The van der Waals surface area contributed by atoms with Crippen LogP contribution < -0.4 is 9.88 Å². The zero-order valence-corrected chi connectivity index (χ0v) is 16.0. The second-order valence-corrected chi connectivity index (χ2v) is 8.18. The first kappa shape index (κ1) is 18.8.